The van der Waals surface area contributed by atoms with Crippen LogP contribution in [0.2, 0.25) is 0 Å². The van der Waals surface area contributed by atoms with Crippen molar-refractivity contribution in [2.75, 3.05) is 0 Å². The molecular weight excluding hydrogens is 164 g/mol. The van der Waals surface area contributed by atoms with Gasteiger partial charge in [0.15, 0.2) is 0 Å². The van der Waals surface area contributed by atoms with Crippen LogP contribution in [0.1, 0.15) is 33.6 Å². The Balaban J connectivity index is 2.52. The molecule has 0 unspecified atom stereocenters. The van der Waals surface area contributed by atoms with Crippen LogP contribution in [-0.2, 0) is 0 Å². The Kier molecular flexibility index (Phi) is 1.57. The average Bonchev–Trinajstić information content (AvgIpc) is 2.32. The highest BCUT2D eigenvalue weighted by Crippen LogP contribution is 2.63. The minimum atomic E-state index is -0.0289. The van der Waals surface area contributed by atoms with Crippen molar-refractivity contribution >= 4 is 5.71 Å². The lowest BCUT2D eigenvalue weighted by Crippen LogP contribution is -2.39. The van der Waals surface area contributed by atoms with Crippen LogP contribution in [-0.4, -0.2) is 17.0 Å². The van der Waals surface area contributed by atoms with E-state index >= 15 is 0 Å². The van der Waals surface area contributed by atoms with E-state index in [4.69, 9.17) is 10.9 Å². The number of rotatable bonds is 0. The summed E-state index contributed by atoms with van der Waals surface area (Å²) in [6.45, 7) is 6.65. The SMILES string of the molecule is CC1(C)[C@H]2CC[C@@]1(C)/C(=N/O)[C@@H]2N. The largest absolute Gasteiger partial charge is 0.411 e. The Morgan fingerprint density at radius 1 is 1.46 bits per heavy atom. The molecule has 0 aliphatic heterocycles. The highest BCUT2D eigenvalue weighted by Gasteiger charge is 2.64. The Labute approximate surface area is 79.0 Å². The third-order valence-electron chi connectivity index (χ3n) is 4.73. The Morgan fingerprint density at radius 2 is 2.08 bits per heavy atom. The summed E-state index contributed by atoms with van der Waals surface area (Å²) in [5, 5.41) is 12.4. The first-order valence-electron chi connectivity index (χ1n) is 4.93. The van der Waals surface area contributed by atoms with Gasteiger partial charge in [-0.15, -0.1) is 0 Å². The van der Waals surface area contributed by atoms with E-state index in [0.29, 0.717) is 5.92 Å². The number of hydrogen-bond acceptors (Lipinski definition) is 3. The van der Waals surface area contributed by atoms with Gasteiger partial charge in [0, 0.05) is 5.41 Å². The van der Waals surface area contributed by atoms with Gasteiger partial charge in [-0.1, -0.05) is 25.9 Å². The molecule has 2 aliphatic carbocycles. The zero-order chi connectivity index (χ0) is 9.85. The third-order valence-corrected chi connectivity index (χ3v) is 4.73. The molecule has 0 saturated heterocycles. The lowest BCUT2D eigenvalue weighted by Gasteiger charge is -2.33. The van der Waals surface area contributed by atoms with Gasteiger partial charge in [-0.3, -0.25) is 0 Å². The van der Waals surface area contributed by atoms with Gasteiger partial charge < -0.3 is 10.9 Å². The fraction of sp³-hybridized carbons (Fsp3) is 0.900. The molecular formula is C10H18N2O. The predicted octanol–water partition coefficient (Wildman–Crippen LogP) is 1.60. The zero-order valence-electron chi connectivity index (χ0n) is 8.54. The van der Waals surface area contributed by atoms with Crippen LogP contribution < -0.4 is 5.73 Å². The zero-order valence-corrected chi connectivity index (χ0v) is 8.54. The van der Waals surface area contributed by atoms with Crippen LogP contribution in [0.5, 0.6) is 0 Å². The van der Waals surface area contributed by atoms with E-state index in [9.17, 15) is 0 Å². The summed E-state index contributed by atoms with van der Waals surface area (Å²) in [5.41, 5.74) is 7.07. The number of nitrogens with two attached hydrogens (primary N) is 1. The number of hydrogen-bond donors (Lipinski definition) is 2. The molecule has 0 aromatic rings. The van der Waals surface area contributed by atoms with Gasteiger partial charge in [-0.05, 0) is 24.2 Å². The second-order valence-corrected chi connectivity index (χ2v) is 5.21. The second-order valence-electron chi connectivity index (χ2n) is 5.21. The normalized spacial score (nSPS) is 50.3. The van der Waals surface area contributed by atoms with E-state index in [2.05, 4.69) is 25.9 Å². The van der Waals surface area contributed by atoms with Gasteiger partial charge in [-0.2, -0.15) is 0 Å². The van der Waals surface area contributed by atoms with Crippen molar-refractivity contribution in [2.45, 2.75) is 39.7 Å². The minimum absolute atomic E-state index is 0.0197. The maximum absolute atomic E-state index is 8.96. The highest BCUT2D eigenvalue weighted by molar-refractivity contribution is 5.98. The second kappa shape index (κ2) is 2.27. The van der Waals surface area contributed by atoms with Crippen LogP contribution >= 0.6 is 0 Å². The lowest BCUT2D eigenvalue weighted by molar-refractivity contribution is 0.186. The molecule has 3 nitrogen and oxygen atoms in total. The number of fused-ring (bicyclic) bond motifs is 2. The van der Waals surface area contributed by atoms with Crippen molar-refractivity contribution in [1.29, 1.82) is 0 Å². The molecule has 2 fully saturated rings. The molecule has 0 spiro atoms. The molecule has 3 N–H and O–H groups in total. The fourth-order valence-electron chi connectivity index (χ4n) is 3.36. The Hall–Kier alpha value is -0.570. The maximum atomic E-state index is 8.96. The van der Waals surface area contributed by atoms with Crippen molar-refractivity contribution in [3.05, 3.63) is 0 Å². The van der Waals surface area contributed by atoms with Crippen LogP contribution in [0.15, 0.2) is 5.16 Å². The fourth-order valence-corrected chi connectivity index (χ4v) is 3.36. The van der Waals surface area contributed by atoms with E-state index < -0.39 is 0 Å². The van der Waals surface area contributed by atoms with Gasteiger partial charge in [0.1, 0.15) is 0 Å². The molecule has 0 amide bonds. The lowest BCUT2D eigenvalue weighted by atomic mass is 9.70. The molecule has 2 saturated carbocycles. The van der Waals surface area contributed by atoms with Gasteiger partial charge in [0.2, 0.25) is 0 Å². The van der Waals surface area contributed by atoms with Gasteiger partial charge >= 0.3 is 0 Å². The molecule has 74 valence electrons. The first-order valence-corrected chi connectivity index (χ1v) is 4.93. The summed E-state index contributed by atoms with van der Waals surface area (Å²) in [6.07, 6.45) is 2.28. The number of oxime groups is 1. The summed E-state index contributed by atoms with van der Waals surface area (Å²) in [7, 11) is 0. The van der Waals surface area contributed by atoms with Crippen LogP contribution in [0.4, 0.5) is 0 Å². The summed E-state index contributed by atoms with van der Waals surface area (Å²) < 4.78 is 0. The molecule has 3 heteroatoms. The molecule has 0 aromatic carbocycles. The first-order chi connectivity index (χ1) is 5.95. The highest BCUT2D eigenvalue weighted by atomic mass is 16.4. The smallest absolute Gasteiger partial charge is 0.0804 e. The van der Waals surface area contributed by atoms with E-state index in [1.807, 2.05) is 0 Å². The topological polar surface area (TPSA) is 58.6 Å². The molecule has 2 aliphatic rings. The van der Waals surface area contributed by atoms with Gasteiger partial charge in [0.05, 0.1) is 11.8 Å². The van der Waals surface area contributed by atoms with E-state index in [-0.39, 0.29) is 16.9 Å². The Morgan fingerprint density at radius 3 is 2.38 bits per heavy atom. The summed E-state index contributed by atoms with van der Waals surface area (Å²) in [4.78, 5) is 0. The molecule has 0 aromatic heterocycles. The van der Waals surface area contributed by atoms with E-state index in [1.54, 1.807) is 0 Å². The molecule has 0 radical (unpaired) electrons. The van der Waals surface area contributed by atoms with Crippen molar-refractivity contribution < 1.29 is 5.21 Å². The summed E-state index contributed by atoms with van der Waals surface area (Å²) >= 11 is 0. The summed E-state index contributed by atoms with van der Waals surface area (Å²) in [6, 6.07) is -0.0289. The van der Waals surface area contributed by atoms with Crippen LogP contribution in [0, 0.1) is 16.7 Å². The first kappa shape index (κ1) is 9.00. The molecule has 2 rings (SSSR count). The molecule has 3 atom stereocenters. The third kappa shape index (κ3) is 0.766. The maximum Gasteiger partial charge on any atom is 0.0804 e. The van der Waals surface area contributed by atoms with Crippen molar-refractivity contribution in [2.24, 2.45) is 27.6 Å². The number of nitrogens with zero attached hydrogens (tertiary/aromatic N) is 1. The minimum Gasteiger partial charge on any atom is -0.411 e. The van der Waals surface area contributed by atoms with Crippen molar-refractivity contribution in [3.63, 3.8) is 0 Å². The quantitative estimate of drug-likeness (QED) is 0.441. The standard InChI is InChI=1S/C10H18N2O/c1-9(2)6-4-5-10(9,3)8(12-13)7(6)11/h6-7,13H,4-5,11H2,1-3H3/b12-8+/t6-,7+,10-/m0/s1. The molecule has 13 heavy (non-hydrogen) atoms. The van der Waals surface area contributed by atoms with Crippen LogP contribution in [0.3, 0.4) is 0 Å². The average molecular weight is 182 g/mol. The van der Waals surface area contributed by atoms with Gasteiger partial charge in [-0.25, -0.2) is 0 Å². The predicted molar refractivity (Wildman–Crippen MR) is 51.8 cm³/mol. The van der Waals surface area contributed by atoms with E-state index in [0.717, 1.165) is 12.1 Å². The Bertz CT molecular complexity index is 272. The van der Waals surface area contributed by atoms with Gasteiger partial charge in [0.25, 0.3) is 0 Å². The van der Waals surface area contributed by atoms with Crippen LogP contribution in [0.25, 0.3) is 0 Å². The van der Waals surface area contributed by atoms with Crippen molar-refractivity contribution in [3.8, 4) is 0 Å². The summed E-state index contributed by atoms with van der Waals surface area (Å²) in [5.74, 6) is 0.489. The van der Waals surface area contributed by atoms with Crippen molar-refractivity contribution in [1.82, 2.24) is 0 Å². The monoisotopic (exact) mass is 182 g/mol. The molecule has 2 bridgehead atoms. The molecule has 0 heterocycles. The van der Waals surface area contributed by atoms with E-state index in [1.165, 1.54) is 6.42 Å².